The van der Waals surface area contributed by atoms with Crippen LogP contribution in [-0.2, 0) is 11.2 Å². The molecule has 2 heterocycles. The third-order valence-electron chi connectivity index (χ3n) is 4.21. The number of urea groups is 1. The molecule has 0 aliphatic carbocycles. The van der Waals surface area contributed by atoms with Crippen LogP contribution in [0.2, 0.25) is 0 Å². The van der Waals surface area contributed by atoms with Crippen LogP contribution in [0, 0.1) is 5.92 Å². The van der Waals surface area contributed by atoms with Gasteiger partial charge in [0.05, 0.1) is 0 Å². The lowest BCUT2D eigenvalue weighted by Crippen LogP contribution is -2.34. The van der Waals surface area contributed by atoms with Crippen LogP contribution >= 0.6 is 0 Å². The predicted molar refractivity (Wildman–Crippen MR) is 78.5 cm³/mol. The second kappa shape index (κ2) is 5.75. The first-order valence-corrected chi connectivity index (χ1v) is 7.39. The molecule has 3 rings (SSSR count). The molecule has 2 aliphatic heterocycles. The number of benzene rings is 1. The summed E-state index contributed by atoms with van der Waals surface area (Å²) >= 11 is 0. The summed E-state index contributed by atoms with van der Waals surface area (Å²) in [5.41, 5.74) is 2.24. The molecule has 0 saturated carbocycles. The van der Waals surface area contributed by atoms with Crippen LogP contribution < -0.4 is 15.5 Å². The normalized spacial score (nSPS) is 21.3. The maximum Gasteiger partial charge on any atom is 0.450 e. The molecule has 8 heteroatoms. The molecule has 2 N–H and O–H groups in total. The van der Waals surface area contributed by atoms with E-state index >= 15 is 0 Å². The molecule has 5 nitrogen and oxygen atoms in total. The average Bonchev–Trinajstić information content (AvgIpc) is 2.81. The lowest BCUT2D eigenvalue weighted by atomic mass is 9.96. The van der Waals surface area contributed by atoms with Gasteiger partial charge in [0.25, 0.3) is 0 Å². The van der Waals surface area contributed by atoms with Crippen molar-refractivity contribution in [2.45, 2.75) is 19.0 Å². The largest absolute Gasteiger partial charge is 0.450 e. The molecule has 1 unspecified atom stereocenters. The molecule has 1 aromatic rings. The van der Waals surface area contributed by atoms with Crippen molar-refractivity contribution in [3.8, 4) is 0 Å². The van der Waals surface area contributed by atoms with E-state index in [0.29, 0.717) is 30.9 Å². The lowest BCUT2D eigenvalue weighted by molar-refractivity contribution is -0.175. The van der Waals surface area contributed by atoms with Crippen LogP contribution in [0.25, 0.3) is 0 Å². The number of rotatable bonds is 2. The minimum absolute atomic E-state index is 0.0328. The number of Topliss-reactive ketones (excluding diaryl/α,β-unsaturated/α-hetero) is 1. The fourth-order valence-electron chi connectivity index (χ4n) is 2.97. The minimum Gasteiger partial charge on any atom is -0.384 e. The molecule has 2 amide bonds. The Morgan fingerprint density at radius 3 is 2.70 bits per heavy atom. The van der Waals surface area contributed by atoms with Crippen LogP contribution in [0.15, 0.2) is 18.2 Å². The number of hydrogen-bond donors (Lipinski definition) is 2. The van der Waals surface area contributed by atoms with Gasteiger partial charge in [0.15, 0.2) is 0 Å². The monoisotopic (exact) mass is 327 g/mol. The summed E-state index contributed by atoms with van der Waals surface area (Å²) in [7, 11) is 0. The van der Waals surface area contributed by atoms with E-state index in [9.17, 15) is 22.8 Å². The SMILES string of the molecule is O=C1NCCN1c1ccc2c(c1)CCC(C(=O)C(F)(F)F)CN2. The van der Waals surface area contributed by atoms with Crippen molar-refractivity contribution in [3.63, 3.8) is 0 Å². The van der Waals surface area contributed by atoms with E-state index in [2.05, 4.69) is 10.6 Å². The smallest absolute Gasteiger partial charge is 0.384 e. The zero-order chi connectivity index (χ0) is 16.6. The molecule has 1 atom stereocenters. The summed E-state index contributed by atoms with van der Waals surface area (Å²) in [5, 5.41) is 5.62. The Morgan fingerprint density at radius 2 is 2.04 bits per heavy atom. The first kappa shape index (κ1) is 15.6. The highest BCUT2D eigenvalue weighted by Crippen LogP contribution is 2.31. The lowest BCUT2D eigenvalue weighted by Gasteiger charge is -2.17. The van der Waals surface area contributed by atoms with Gasteiger partial charge >= 0.3 is 12.2 Å². The minimum atomic E-state index is -4.80. The third-order valence-corrected chi connectivity index (χ3v) is 4.21. The molecule has 1 aromatic carbocycles. The van der Waals surface area contributed by atoms with Crippen molar-refractivity contribution < 1.29 is 22.8 Å². The van der Waals surface area contributed by atoms with Crippen molar-refractivity contribution >= 4 is 23.2 Å². The Labute approximate surface area is 130 Å². The predicted octanol–water partition coefficient (Wildman–Crippen LogP) is 2.32. The number of halogens is 3. The highest BCUT2D eigenvalue weighted by atomic mass is 19.4. The molecule has 0 spiro atoms. The number of nitrogens with zero attached hydrogens (tertiary/aromatic N) is 1. The van der Waals surface area contributed by atoms with Gasteiger partial charge in [0.2, 0.25) is 5.78 Å². The van der Waals surface area contributed by atoms with Crippen LogP contribution in [-0.4, -0.2) is 37.6 Å². The van der Waals surface area contributed by atoms with Gasteiger partial charge in [-0.15, -0.1) is 0 Å². The van der Waals surface area contributed by atoms with E-state index in [-0.39, 0.29) is 19.0 Å². The summed E-state index contributed by atoms with van der Waals surface area (Å²) in [6, 6.07) is 5.11. The summed E-state index contributed by atoms with van der Waals surface area (Å²) < 4.78 is 37.7. The van der Waals surface area contributed by atoms with Crippen LogP contribution in [0.3, 0.4) is 0 Å². The summed E-state index contributed by atoms with van der Waals surface area (Å²) in [5.74, 6) is -2.77. The molecule has 1 saturated heterocycles. The van der Waals surface area contributed by atoms with Crippen molar-refractivity contribution in [3.05, 3.63) is 23.8 Å². The van der Waals surface area contributed by atoms with Gasteiger partial charge in [-0.05, 0) is 36.6 Å². The molecular weight excluding hydrogens is 311 g/mol. The Kier molecular flexibility index (Phi) is 3.91. The van der Waals surface area contributed by atoms with E-state index in [1.807, 2.05) is 0 Å². The molecule has 2 aliphatic rings. The third kappa shape index (κ3) is 3.11. The van der Waals surface area contributed by atoms with Crippen LogP contribution in [0.5, 0.6) is 0 Å². The van der Waals surface area contributed by atoms with Crippen molar-refractivity contribution in [1.82, 2.24) is 5.32 Å². The molecule has 0 aromatic heterocycles. The maximum atomic E-state index is 12.6. The Balaban J connectivity index is 1.78. The van der Waals surface area contributed by atoms with E-state index < -0.39 is 17.9 Å². The van der Waals surface area contributed by atoms with Gasteiger partial charge in [-0.2, -0.15) is 13.2 Å². The molecule has 124 valence electrons. The molecule has 23 heavy (non-hydrogen) atoms. The maximum absolute atomic E-state index is 12.6. The number of amides is 2. The number of anilines is 2. The number of ketones is 1. The topological polar surface area (TPSA) is 61.4 Å². The zero-order valence-electron chi connectivity index (χ0n) is 12.2. The summed E-state index contributed by atoms with van der Waals surface area (Å²) in [4.78, 5) is 24.7. The number of hydrogen-bond acceptors (Lipinski definition) is 3. The van der Waals surface area contributed by atoms with Gasteiger partial charge in [-0.3, -0.25) is 9.69 Å². The van der Waals surface area contributed by atoms with E-state index in [1.165, 1.54) is 0 Å². The fraction of sp³-hybridized carbons (Fsp3) is 0.467. The van der Waals surface area contributed by atoms with Crippen molar-refractivity contribution in [2.75, 3.05) is 29.9 Å². The van der Waals surface area contributed by atoms with Gasteiger partial charge in [0, 0.05) is 36.9 Å². The van der Waals surface area contributed by atoms with Crippen LogP contribution in [0.1, 0.15) is 12.0 Å². The highest BCUT2D eigenvalue weighted by Gasteiger charge is 2.43. The Morgan fingerprint density at radius 1 is 1.26 bits per heavy atom. The van der Waals surface area contributed by atoms with Gasteiger partial charge in [-0.25, -0.2) is 4.79 Å². The molecular formula is C15H16F3N3O2. The molecule has 0 bridgehead atoms. The van der Waals surface area contributed by atoms with Gasteiger partial charge in [0.1, 0.15) is 0 Å². The summed E-state index contributed by atoms with van der Waals surface area (Å²) in [6.45, 7) is 1.09. The van der Waals surface area contributed by atoms with Gasteiger partial charge < -0.3 is 10.6 Å². The van der Waals surface area contributed by atoms with Gasteiger partial charge in [-0.1, -0.05) is 0 Å². The number of carbonyl (C=O) groups is 2. The molecule has 1 fully saturated rings. The average molecular weight is 327 g/mol. The zero-order valence-corrected chi connectivity index (χ0v) is 12.2. The Bertz CT molecular complexity index is 645. The van der Waals surface area contributed by atoms with Crippen molar-refractivity contribution in [2.24, 2.45) is 5.92 Å². The first-order valence-electron chi connectivity index (χ1n) is 7.39. The Hall–Kier alpha value is -2.25. The standard InChI is InChI=1S/C15H16F3N3O2/c16-15(17,18)13(22)10-2-1-9-7-11(3-4-12(9)20-8-10)21-6-5-19-14(21)23/h3-4,7,10,20H,1-2,5-6,8H2,(H,19,23). The van der Waals surface area contributed by atoms with E-state index in [1.54, 1.807) is 23.1 Å². The fourth-order valence-corrected chi connectivity index (χ4v) is 2.97. The highest BCUT2D eigenvalue weighted by molar-refractivity contribution is 5.94. The second-order valence-electron chi connectivity index (χ2n) is 5.70. The van der Waals surface area contributed by atoms with E-state index in [0.717, 1.165) is 5.56 Å². The van der Waals surface area contributed by atoms with Crippen molar-refractivity contribution in [1.29, 1.82) is 0 Å². The number of alkyl halides is 3. The number of aryl methyl sites for hydroxylation is 1. The quantitative estimate of drug-likeness (QED) is 0.876. The van der Waals surface area contributed by atoms with Crippen LogP contribution in [0.4, 0.5) is 29.3 Å². The number of carbonyl (C=O) groups excluding carboxylic acids is 2. The number of nitrogens with one attached hydrogen (secondary N) is 2. The number of fused-ring (bicyclic) bond motifs is 1. The first-order chi connectivity index (χ1) is 10.9. The van der Waals surface area contributed by atoms with E-state index in [4.69, 9.17) is 0 Å². The summed E-state index contributed by atoms with van der Waals surface area (Å²) in [6.07, 6.45) is -4.31. The second-order valence-corrected chi connectivity index (χ2v) is 5.70. The molecule has 0 radical (unpaired) electrons.